The number of esters is 1. The molecule has 0 radical (unpaired) electrons. The van der Waals surface area contributed by atoms with Crippen molar-refractivity contribution < 1.29 is 33.4 Å². The Bertz CT molecular complexity index is 1870. The van der Waals surface area contributed by atoms with Crippen LogP contribution in [0.4, 0.5) is 4.79 Å². The number of carbonyl (C=O) groups is 4. The predicted octanol–water partition coefficient (Wildman–Crippen LogP) is 6.87. The van der Waals surface area contributed by atoms with Crippen molar-refractivity contribution in [3.8, 4) is 16.5 Å². The number of nitrogens with zero attached hydrogens (tertiary/aromatic N) is 3. The number of benzene rings is 1. The Morgan fingerprint density at radius 1 is 1.12 bits per heavy atom. The molecule has 15 heteroatoms. The highest BCUT2D eigenvalue weighted by Gasteiger charge is 2.62. The molecule has 2 aromatic heterocycles. The average Bonchev–Trinajstić information content (AvgIpc) is 3.38. The monoisotopic (exact) mass is 771 g/mol. The zero-order chi connectivity index (χ0) is 37.2. The van der Waals surface area contributed by atoms with Crippen LogP contribution in [-0.4, -0.2) is 81.2 Å². The Labute approximate surface area is 316 Å². The van der Waals surface area contributed by atoms with E-state index < -0.39 is 53.2 Å². The number of thiophene rings is 1. The van der Waals surface area contributed by atoms with Gasteiger partial charge in [0.15, 0.2) is 0 Å². The lowest BCUT2D eigenvalue weighted by Gasteiger charge is -2.30. The average molecular weight is 773 g/mol. The molecule has 3 amide bonds. The Morgan fingerprint density at radius 2 is 1.87 bits per heavy atom. The van der Waals surface area contributed by atoms with Gasteiger partial charge in [0.1, 0.15) is 35.0 Å². The highest BCUT2D eigenvalue weighted by molar-refractivity contribution is 7.13. The molecule has 0 spiro atoms. The lowest BCUT2D eigenvalue weighted by atomic mass is 10.0. The zero-order valence-corrected chi connectivity index (χ0v) is 31.9. The molecule has 3 aliphatic rings. The normalized spacial score (nSPS) is 25.9. The molecule has 278 valence electrons. The summed E-state index contributed by atoms with van der Waals surface area (Å²) in [6, 6.07) is 5.02. The lowest BCUT2D eigenvalue weighted by Crippen LogP contribution is -2.56. The fraction of sp³-hybridized carbons (Fsp3) is 0.514. The van der Waals surface area contributed by atoms with Gasteiger partial charge in [-0.25, -0.2) is 19.6 Å². The Hall–Kier alpha value is -3.94. The molecule has 2 fully saturated rings. The van der Waals surface area contributed by atoms with Crippen LogP contribution in [0.15, 0.2) is 41.8 Å². The number of carbonyl (C=O) groups excluding carboxylic acids is 4. The van der Waals surface area contributed by atoms with Gasteiger partial charge in [0, 0.05) is 12.3 Å². The molecule has 1 aliphatic carbocycles. The maximum atomic E-state index is 14.5. The number of halogens is 2. The number of alkyl carbamates (subject to hydrolysis) is 1. The zero-order valence-electron chi connectivity index (χ0n) is 29.6. The van der Waals surface area contributed by atoms with Crippen LogP contribution in [0.5, 0.6) is 5.88 Å². The van der Waals surface area contributed by atoms with Crippen LogP contribution in [0.2, 0.25) is 10.0 Å². The lowest BCUT2D eigenvalue weighted by molar-refractivity contribution is -0.150. The van der Waals surface area contributed by atoms with E-state index in [4.69, 9.17) is 47.4 Å². The number of nitrogens with one attached hydrogen (secondary N) is 2. The van der Waals surface area contributed by atoms with Crippen molar-refractivity contribution in [2.45, 2.75) is 102 Å². The minimum atomic E-state index is -1.23. The molecule has 0 bridgehead atoms. The van der Waals surface area contributed by atoms with Gasteiger partial charge in [-0.15, -0.1) is 11.3 Å². The van der Waals surface area contributed by atoms with Crippen LogP contribution in [0.3, 0.4) is 0 Å². The van der Waals surface area contributed by atoms with Crippen molar-refractivity contribution in [3.05, 3.63) is 51.8 Å². The third-order valence-electron chi connectivity index (χ3n) is 9.28. The summed E-state index contributed by atoms with van der Waals surface area (Å²) >= 11 is 14.1. The molecule has 6 rings (SSSR count). The number of fused-ring (bicyclic) bond motifs is 3. The van der Waals surface area contributed by atoms with E-state index in [1.165, 1.54) is 16.2 Å². The topological polar surface area (TPSA) is 149 Å². The van der Waals surface area contributed by atoms with Gasteiger partial charge in [0.2, 0.25) is 17.7 Å². The minimum absolute atomic E-state index is 0.00410. The van der Waals surface area contributed by atoms with Crippen LogP contribution in [0, 0.1) is 5.92 Å². The van der Waals surface area contributed by atoms with Gasteiger partial charge in [0.05, 0.1) is 39.1 Å². The van der Waals surface area contributed by atoms with E-state index >= 15 is 0 Å². The first-order valence-corrected chi connectivity index (χ1v) is 19.2. The van der Waals surface area contributed by atoms with Gasteiger partial charge in [-0.3, -0.25) is 9.59 Å². The quantitative estimate of drug-likeness (QED) is 0.202. The summed E-state index contributed by atoms with van der Waals surface area (Å²) in [5.41, 5.74) is -0.570. The van der Waals surface area contributed by atoms with E-state index in [1.807, 2.05) is 29.7 Å². The molecule has 0 unspecified atom stereocenters. The standard InChI is InChI=1S/C37H43Cl2N5O7S/c1-5-49-34(47)37-19-21(37)12-9-7-6-8-10-13-25(42-35(48)51-36(2,3)4)33(46)44-20-22(16-28(44)31(45)43-37)50-32-30(29-14-11-15-52-29)40-26-17-23(38)24(39)18-27(26)41-32/h9,11-12,14-15,17-18,21-22,25,28H,5-8,10,13,16,19-20H2,1-4H3,(H,42,48)(H,43,45)/b12-9-/t21-,22-,25+,28+,37-/m1/s1. The van der Waals surface area contributed by atoms with Crippen molar-refractivity contribution >= 4 is 69.4 Å². The number of allylic oxidation sites excluding steroid dienone is 1. The fourth-order valence-corrected chi connectivity index (χ4v) is 7.71. The van der Waals surface area contributed by atoms with E-state index in [9.17, 15) is 19.2 Å². The largest absolute Gasteiger partial charge is 0.471 e. The molecule has 1 saturated carbocycles. The van der Waals surface area contributed by atoms with Crippen molar-refractivity contribution in [2.24, 2.45) is 5.92 Å². The van der Waals surface area contributed by atoms with Crippen molar-refractivity contribution in [3.63, 3.8) is 0 Å². The van der Waals surface area contributed by atoms with Crippen LogP contribution in [0.25, 0.3) is 21.6 Å². The van der Waals surface area contributed by atoms with Crippen LogP contribution < -0.4 is 15.4 Å². The fourth-order valence-electron chi connectivity index (χ4n) is 6.69. The van der Waals surface area contributed by atoms with E-state index in [-0.39, 0.29) is 31.4 Å². The van der Waals surface area contributed by atoms with Gasteiger partial charge >= 0.3 is 12.1 Å². The van der Waals surface area contributed by atoms with E-state index in [2.05, 4.69) is 10.6 Å². The number of hydrogen-bond donors (Lipinski definition) is 2. The van der Waals surface area contributed by atoms with Crippen molar-refractivity contribution in [1.82, 2.24) is 25.5 Å². The summed E-state index contributed by atoms with van der Waals surface area (Å²) in [5.74, 6) is -1.51. The third kappa shape index (κ3) is 8.47. The second kappa shape index (κ2) is 15.6. The third-order valence-corrected chi connectivity index (χ3v) is 10.9. The summed E-state index contributed by atoms with van der Waals surface area (Å²) < 4.78 is 17.5. The summed E-state index contributed by atoms with van der Waals surface area (Å²) in [6.45, 7) is 7.11. The molecule has 1 saturated heterocycles. The second-order valence-electron chi connectivity index (χ2n) is 14.3. The van der Waals surface area contributed by atoms with Gasteiger partial charge < -0.3 is 29.7 Å². The Kier molecular flexibility index (Phi) is 11.3. The van der Waals surface area contributed by atoms with Gasteiger partial charge in [0.25, 0.3) is 0 Å². The van der Waals surface area contributed by atoms with E-state index in [0.29, 0.717) is 46.0 Å². The summed E-state index contributed by atoms with van der Waals surface area (Å²) in [5, 5.41) is 8.29. The van der Waals surface area contributed by atoms with Gasteiger partial charge in [-0.2, -0.15) is 0 Å². The van der Waals surface area contributed by atoms with Gasteiger partial charge in [-0.1, -0.05) is 54.3 Å². The number of aromatic nitrogens is 2. The van der Waals surface area contributed by atoms with E-state index in [1.54, 1.807) is 39.8 Å². The second-order valence-corrected chi connectivity index (χ2v) is 16.1. The number of rotatable bonds is 6. The van der Waals surface area contributed by atoms with Crippen LogP contribution in [-0.2, 0) is 23.9 Å². The predicted molar refractivity (Wildman–Crippen MR) is 198 cm³/mol. The molecular weight excluding hydrogens is 729 g/mol. The number of amides is 3. The van der Waals surface area contributed by atoms with Gasteiger partial charge in [-0.05, 0) is 77.0 Å². The van der Waals surface area contributed by atoms with E-state index in [0.717, 1.165) is 24.1 Å². The summed E-state index contributed by atoms with van der Waals surface area (Å²) in [6.07, 6.45) is 6.48. The first-order valence-electron chi connectivity index (χ1n) is 17.6. The summed E-state index contributed by atoms with van der Waals surface area (Å²) in [7, 11) is 0. The maximum Gasteiger partial charge on any atom is 0.408 e. The molecule has 5 atom stereocenters. The molecule has 4 heterocycles. The van der Waals surface area contributed by atoms with Crippen molar-refractivity contribution in [2.75, 3.05) is 13.2 Å². The number of hydrogen-bond acceptors (Lipinski definition) is 10. The molecule has 1 aromatic carbocycles. The Balaban J connectivity index is 1.35. The molecule has 3 aromatic rings. The number of ether oxygens (including phenoxy) is 3. The molecular formula is C37H43Cl2N5O7S. The molecule has 2 aliphatic heterocycles. The minimum Gasteiger partial charge on any atom is -0.471 e. The summed E-state index contributed by atoms with van der Waals surface area (Å²) in [4.78, 5) is 66.8. The van der Waals surface area contributed by atoms with Crippen LogP contribution >= 0.6 is 34.5 Å². The smallest absolute Gasteiger partial charge is 0.408 e. The first-order chi connectivity index (χ1) is 24.8. The van der Waals surface area contributed by atoms with Crippen LogP contribution in [0.1, 0.15) is 72.6 Å². The highest BCUT2D eigenvalue weighted by Crippen LogP contribution is 2.46. The first kappa shape index (κ1) is 37.8. The van der Waals surface area contributed by atoms with Crippen molar-refractivity contribution in [1.29, 1.82) is 0 Å². The molecule has 52 heavy (non-hydrogen) atoms. The highest BCUT2D eigenvalue weighted by atomic mass is 35.5. The SMILES string of the molecule is CCOC(=O)[C@@]12C[C@H]1/C=C\CCCCC[C@H](NC(=O)OC(C)(C)C)C(=O)N1C[C@H](Oc3nc4cc(Cl)c(Cl)cc4nc3-c3cccs3)C[C@H]1C(=O)N2. The molecule has 12 nitrogen and oxygen atoms in total. The molecule has 2 N–H and O–H groups in total. The Morgan fingerprint density at radius 3 is 2.56 bits per heavy atom. The maximum absolute atomic E-state index is 14.5.